The molecule has 6 aliphatic rings. The van der Waals surface area contributed by atoms with Crippen LogP contribution in [0, 0.1) is 24.7 Å². The van der Waals surface area contributed by atoms with E-state index in [1.54, 1.807) is 0 Å². The summed E-state index contributed by atoms with van der Waals surface area (Å²) in [4.78, 5) is 38.6. The molecule has 0 unspecified atom stereocenters. The van der Waals surface area contributed by atoms with E-state index >= 15 is 0 Å². The van der Waals surface area contributed by atoms with Gasteiger partial charge in [0.25, 0.3) is 5.91 Å². The second-order valence-corrected chi connectivity index (χ2v) is 13.2. The molecular weight excluding hydrogens is 577 g/mol. The standard InChI is InChI=1S/C31H37F3N6O4/c1-17-3-6-20(12-21(17)31(32,33)34)37-26(41)22-18-4-5-19(11-18)24(22)38-27(42)23-25(35-16-36-28(23)43-2)39-29-13-30(14-29,15-29)40-7-9-44-10-8-40/h3,6,12,16,18-19,22,24H,4-5,7-11,13-15H2,1-2H3,(H,37,41)(H,38,42)(H,35,36,39)/t18-,19+,22+,24-,29?,30?/m1/s1. The lowest BCUT2D eigenvalue weighted by Gasteiger charge is -2.74. The molecule has 44 heavy (non-hydrogen) atoms. The van der Waals surface area contributed by atoms with Gasteiger partial charge in [0.05, 0.1) is 31.8 Å². The lowest BCUT2D eigenvalue weighted by atomic mass is 9.43. The number of aryl methyl sites for hydroxylation is 1. The predicted molar refractivity (Wildman–Crippen MR) is 154 cm³/mol. The number of benzene rings is 1. The van der Waals surface area contributed by atoms with Gasteiger partial charge in [0, 0.05) is 35.9 Å². The minimum absolute atomic E-state index is 0.0292. The number of nitrogens with one attached hydrogen (secondary N) is 3. The Balaban J connectivity index is 1.07. The topological polar surface area (TPSA) is 118 Å². The van der Waals surface area contributed by atoms with Gasteiger partial charge in [-0.25, -0.2) is 9.97 Å². The second kappa shape index (κ2) is 10.6. The molecule has 6 fully saturated rings. The van der Waals surface area contributed by atoms with Gasteiger partial charge >= 0.3 is 6.18 Å². The Kier molecular flexibility index (Phi) is 7.04. The van der Waals surface area contributed by atoms with Crippen LogP contribution in [0.15, 0.2) is 24.5 Å². The third-order valence-electron chi connectivity index (χ3n) is 10.6. The molecule has 1 aromatic heterocycles. The predicted octanol–water partition coefficient (Wildman–Crippen LogP) is 4.01. The van der Waals surface area contributed by atoms with Gasteiger partial charge in [-0.15, -0.1) is 0 Å². The highest BCUT2D eigenvalue weighted by Gasteiger charge is 2.70. The van der Waals surface area contributed by atoms with Crippen LogP contribution in [0.4, 0.5) is 24.7 Å². The number of rotatable bonds is 8. The Morgan fingerprint density at radius 1 is 1.09 bits per heavy atom. The number of nitrogens with zero attached hydrogens (tertiary/aromatic N) is 3. The Hall–Kier alpha value is -3.45. The number of fused-ring (bicyclic) bond motifs is 2. The molecule has 5 aliphatic carbocycles. The van der Waals surface area contributed by atoms with Crippen molar-refractivity contribution >= 4 is 23.3 Å². The molecular formula is C31H37F3N6O4. The fourth-order valence-electron chi connectivity index (χ4n) is 8.65. The fourth-order valence-corrected chi connectivity index (χ4v) is 8.65. The molecule has 5 saturated carbocycles. The number of hydrogen-bond acceptors (Lipinski definition) is 8. The van der Waals surface area contributed by atoms with Crippen LogP contribution in [-0.2, 0) is 15.7 Å². The van der Waals surface area contributed by atoms with E-state index in [2.05, 4.69) is 30.8 Å². The van der Waals surface area contributed by atoms with Gasteiger partial charge < -0.3 is 25.4 Å². The first-order valence-corrected chi connectivity index (χ1v) is 15.3. The molecule has 1 saturated heterocycles. The quantitative estimate of drug-likeness (QED) is 0.409. The van der Waals surface area contributed by atoms with E-state index in [-0.39, 0.29) is 45.6 Å². The van der Waals surface area contributed by atoms with Gasteiger partial charge in [0.2, 0.25) is 11.8 Å². The van der Waals surface area contributed by atoms with Crippen molar-refractivity contribution in [2.45, 2.75) is 68.7 Å². The highest BCUT2D eigenvalue weighted by atomic mass is 19.4. The number of morpholine rings is 1. The molecule has 2 amide bonds. The average Bonchev–Trinajstić information content (AvgIpc) is 3.57. The van der Waals surface area contributed by atoms with Crippen molar-refractivity contribution in [2.75, 3.05) is 44.0 Å². The zero-order valence-electron chi connectivity index (χ0n) is 24.8. The number of hydrogen-bond donors (Lipinski definition) is 3. The lowest BCUT2D eigenvalue weighted by Crippen LogP contribution is -2.82. The van der Waals surface area contributed by atoms with Gasteiger partial charge in [-0.2, -0.15) is 13.2 Å². The van der Waals surface area contributed by atoms with Crippen molar-refractivity contribution in [3.8, 4) is 5.88 Å². The van der Waals surface area contributed by atoms with Crippen molar-refractivity contribution in [1.82, 2.24) is 20.2 Å². The van der Waals surface area contributed by atoms with Gasteiger partial charge in [0.15, 0.2) is 0 Å². The molecule has 4 atom stereocenters. The van der Waals surface area contributed by atoms with Crippen LogP contribution in [0.1, 0.15) is 60.0 Å². The number of alkyl halides is 3. The molecule has 0 spiro atoms. The smallest absolute Gasteiger partial charge is 0.416 e. The summed E-state index contributed by atoms with van der Waals surface area (Å²) in [5.74, 6) is -0.763. The van der Waals surface area contributed by atoms with E-state index in [9.17, 15) is 22.8 Å². The molecule has 10 nitrogen and oxygen atoms in total. The number of aromatic nitrogens is 2. The number of carbonyl (C=O) groups is 2. The van der Waals surface area contributed by atoms with Crippen LogP contribution in [0.25, 0.3) is 0 Å². The molecule has 2 heterocycles. The maximum absolute atomic E-state index is 13.9. The van der Waals surface area contributed by atoms with E-state index in [1.165, 1.54) is 32.5 Å². The first-order chi connectivity index (χ1) is 21.0. The summed E-state index contributed by atoms with van der Waals surface area (Å²) in [7, 11) is 1.45. The Morgan fingerprint density at radius 3 is 2.52 bits per heavy atom. The summed E-state index contributed by atoms with van der Waals surface area (Å²) < 4.78 is 51.5. The molecule has 13 heteroatoms. The summed E-state index contributed by atoms with van der Waals surface area (Å²) in [5, 5.41) is 9.33. The van der Waals surface area contributed by atoms with Crippen molar-refractivity contribution < 1.29 is 32.2 Å². The largest absolute Gasteiger partial charge is 0.480 e. The number of halogens is 3. The van der Waals surface area contributed by atoms with Crippen LogP contribution >= 0.6 is 0 Å². The summed E-state index contributed by atoms with van der Waals surface area (Å²) in [5.41, 5.74) is -0.402. The van der Waals surface area contributed by atoms with Gasteiger partial charge in [-0.05, 0) is 75.0 Å². The van der Waals surface area contributed by atoms with E-state index in [1.807, 2.05) is 0 Å². The summed E-state index contributed by atoms with van der Waals surface area (Å²) >= 11 is 0. The van der Waals surface area contributed by atoms with Crippen LogP contribution in [0.2, 0.25) is 0 Å². The minimum atomic E-state index is -4.53. The molecule has 4 bridgehead atoms. The zero-order chi connectivity index (χ0) is 30.9. The Labute approximate surface area is 253 Å². The van der Waals surface area contributed by atoms with Crippen molar-refractivity contribution in [3.05, 3.63) is 41.2 Å². The van der Waals surface area contributed by atoms with Crippen LogP contribution in [-0.4, -0.2) is 77.2 Å². The monoisotopic (exact) mass is 614 g/mol. The molecule has 0 radical (unpaired) electrons. The number of ether oxygens (including phenoxy) is 2. The van der Waals surface area contributed by atoms with E-state index in [0.717, 1.165) is 70.9 Å². The second-order valence-electron chi connectivity index (χ2n) is 13.2. The van der Waals surface area contributed by atoms with Crippen LogP contribution in [0.3, 0.4) is 0 Å². The fraction of sp³-hybridized carbons (Fsp3) is 0.613. The van der Waals surface area contributed by atoms with Gasteiger partial charge in [-0.1, -0.05) is 6.07 Å². The maximum Gasteiger partial charge on any atom is 0.416 e. The summed E-state index contributed by atoms with van der Waals surface area (Å²) in [6, 6.07) is 3.31. The number of carbonyl (C=O) groups excluding carboxylic acids is 2. The SMILES string of the molecule is COc1ncnc(NC23CC(N4CCOCC4)(C2)C3)c1C(=O)N[C@@H]1[C@H]2CC[C@H](C2)[C@@H]1C(=O)Nc1ccc(C)c(C(F)(F)F)c1. The van der Waals surface area contributed by atoms with Crippen molar-refractivity contribution in [3.63, 3.8) is 0 Å². The third kappa shape index (κ3) is 4.88. The van der Waals surface area contributed by atoms with Crippen molar-refractivity contribution in [2.24, 2.45) is 17.8 Å². The maximum atomic E-state index is 13.9. The highest BCUT2D eigenvalue weighted by Crippen LogP contribution is 2.65. The molecule has 1 aliphatic heterocycles. The van der Waals surface area contributed by atoms with Gasteiger partial charge in [0.1, 0.15) is 17.7 Å². The zero-order valence-corrected chi connectivity index (χ0v) is 24.8. The number of anilines is 2. The molecule has 236 valence electrons. The molecule has 2 aromatic rings. The molecule has 8 rings (SSSR count). The number of methoxy groups -OCH3 is 1. The van der Waals surface area contributed by atoms with Crippen LogP contribution in [0.5, 0.6) is 5.88 Å². The van der Waals surface area contributed by atoms with E-state index < -0.39 is 35.5 Å². The Bertz CT molecular complexity index is 1460. The minimum Gasteiger partial charge on any atom is -0.480 e. The third-order valence-corrected chi connectivity index (χ3v) is 10.6. The van der Waals surface area contributed by atoms with Crippen LogP contribution < -0.4 is 20.7 Å². The highest BCUT2D eigenvalue weighted by molar-refractivity contribution is 6.02. The molecule has 3 N–H and O–H groups in total. The summed E-state index contributed by atoms with van der Waals surface area (Å²) in [6.45, 7) is 4.73. The summed E-state index contributed by atoms with van der Waals surface area (Å²) in [6.07, 6.45) is 2.16. The first kappa shape index (κ1) is 29.3. The van der Waals surface area contributed by atoms with E-state index in [4.69, 9.17) is 9.47 Å². The van der Waals surface area contributed by atoms with Crippen molar-refractivity contribution in [1.29, 1.82) is 0 Å². The molecule has 1 aromatic carbocycles. The normalized spacial score (nSPS) is 32.4. The Morgan fingerprint density at radius 2 is 1.82 bits per heavy atom. The lowest BCUT2D eigenvalue weighted by molar-refractivity contribution is -0.172. The average molecular weight is 615 g/mol. The van der Waals surface area contributed by atoms with Gasteiger partial charge in [-0.3, -0.25) is 14.5 Å². The van der Waals surface area contributed by atoms with E-state index in [0.29, 0.717) is 5.82 Å². The first-order valence-electron chi connectivity index (χ1n) is 15.3. The number of amides is 2.